The molecule has 2 fully saturated rings. The average molecular weight is 703 g/mol. The molecule has 52 heavy (non-hydrogen) atoms. The lowest BCUT2D eigenvalue weighted by Gasteiger charge is -2.35. The van der Waals surface area contributed by atoms with E-state index in [1.54, 1.807) is 0 Å². The Morgan fingerprint density at radius 3 is 2.12 bits per heavy atom. The van der Waals surface area contributed by atoms with E-state index < -0.39 is 11.2 Å². The number of likely N-dealkylation sites (tertiary alicyclic amines) is 1. The number of esters is 1. The molecule has 4 atom stereocenters. The molecule has 4 N–H and O–H groups in total. The predicted molar refractivity (Wildman–Crippen MR) is 203 cm³/mol. The lowest BCUT2D eigenvalue weighted by Crippen LogP contribution is -2.43. The van der Waals surface area contributed by atoms with E-state index in [0.29, 0.717) is 25.2 Å². The summed E-state index contributed by atoms with van der Waals surface area (Å²) in [6.07, 6.45) is 6.35. The number of aromatic nitrogens is 4. The number of nitrogens with two attached hydrogens (primary N) is 1. The van der Waals surface area contributed by atoms with Gasteiger partial charge in [0.05, 0.1) is 35.0 Å². The number of nitrogens with zero attached hydrogens (tertiary/aromatic N) is 3. The number of ether oxygens (including phenoxy) is 2. The van der Waals surface area contributed by atoms with Crippen LogP contribution < -0.4 is 5.73 Å². The van der Waals surface area contributed by atoms with Crippen LogP contribution in [0.5, 0.6) is 0 Å². The maximum Gasteiger partial charge on any atom is 0.411 e. The fourth-order valence-corrected chi connectivity index (χ4v) is 7.63. The molecule has 272 valence electrons. The van der Waals surface area contributed by atoms with Crippen molar-refractivity contribution in [3.63, 3.8) is 0 Å². The molecule has 3 aromatic carbocycles. The van der Waals surface area contributed by atoms with Crippen LogP contribution in [0, 0.1) is 5.92 Å². The second kappa shape index (κ2) is 13.9. The standard InChI is InChI=1S/C42H50N6O4/c1-41(2,3)51-36(49)9-7-8-32(43)38-45-33-21-19-29(23-34(33)46-38)27-12-10-25(11-13-27)26-14-16-28(17-15-26)35-24-44-39(47-35)37-30-18-20-31(22-30)48(37)40(50)52-42(4,5)6/h10-17,19,21,23-24,30-32,37H,7-9,18,20,22,43H2,1-6H3,(H,44,47)(H,45,46)/t30-,31+,32-,37-/m0/s1. The summed E-state index contributed by atoms with van der Waals surface area (Å²) in [4.78, 5) is 43.6. The molecule has 10 heteroatoms. The molecule has 1 amide bonds. The summed E-state index contributed by atoms with van der Waals surface area (Å²) in [6, 6.07) is 23.1. The number of amides is 1. The van der Waals surface area contributed by atoms with Crippen LogP contribution in [0.2, 0.25) is 0 Å². The highest BCUT2D eigenvalue weighted by atomic mass is 16.6. The summed E-state index contributed by atoms with van der Waals surface area (Å²) in [5.41, 5.74) is 13.6. The third kappa shape index (κ3) is 7.77. The Kier molecular flexibility index (Phi) is 9.46. The van der Waals surface area contributed by atoms with E-state index in [2.05, 4.69) is 70.6 Å². The van der Waals surface area contributed by atoms with E-state index in [-0.39, 0.29) is 30.2 Å². The van der Waals surface area contributed by atoms with Crippen molar-refractivity contribution in [2.24, 2.45) is 11.7 Å². The third-order valence-electron chi connectivity index (χ3n) is 9.98. The van der Waals surface area contributed by atoms with Gasteiger partial charge in [0.15, 0.2) is 0 Å². The fourth-order valence-electron chi connectivity index (χ4n) is 7.63. The topological polar surface area (TPSA) is 139 Å². The molecule has 1 saturated carbocycles. The van der Waals surface area contributed by atoms with E-state index in [1.807, 2.05) is 58.7 Å². The van der Waals surface area contributed by atoms with E-state index in [9.17, 15) is 9.59 Å². The average Bonchev–Trinajstić information content (AvgIpc) is 3.90. The largest absolute Gasteiger partial charge is 0.460 e. The van der Waals surface area contributed by atoms with Crippen LogP contribution >= 0.6 is 0 Å². The number of carbonyl (C=O) groups excluding carboxylic acids is 2. The smallest absolute Gasteiger partial charge is 0.411 e. The zero-order valence-corrected chi connectivity index (χ0v) is 31.0. The summed E-state index contributed by atoms with van der Waals surface area (Å²) < 4.78 is 11.2. The summed E-state index contributed by atoms with van der Waals surface area (Å²) in [5.74, 6) is 1.73. The second-order valence-electron chi connectivity index (χ2n) is 16.3. The van der Waals surface area contributed by atoms with Crippen LogP contribution in [0.1, 0.15) is 104 Å². The number of H-pyrrole nitrogens is 2. The van der Waals surface area contributed by atoms with E-state index in [1.165, 1.54) is 0 Å². The number of carbonyl (C=O) groups is 2. The van der Waals surface area contributed by atoms with Gasteiger partial charge in [0.1, 0.15) is 22.9 Å². The number of rotatable bonds is 9. The number of benzene rings is 3. The van der Waals surface area contributed by atoms with Crippen LogP contribution in [0.15, 0.2) is 72.9 Å². The number of fused-ring (bicyclic) bond motifs is 3. The first-order valence-corrected chi connectivity index (χ1v) is 18.5. The molecular formula is C42H50N6O4. The summed E-state index contributed by atoms with van der Waals surface area (Å²) in [7, 11) is 0. The van der Waals surface area contributed by atoms with Crippen molar-refractivity contribution in [2.45, 2.75) is 109 Å². The van der Waals surface area contributed by atoms with Crippen molar-refractivity contribution in [2.75, 3.05) is 0 Å². The van der Waals surface area contributed by atoms with Gasteiger partial charge >= 0.3 is 12.1 Å². The Bertz CT molecular complexity index is 2050. The van der Waals surface area contributed by atoms with Gasteiger partial charge in [-0.1, -0.05) is 54.6 Å². The number of nitrogens with one attached hydrogen (secondary N) is 2. The summed E-state index contributed by atoms with van der Waals surface area (Å²) in [5, 5.41) is 0. The fraction of sp³-hybridized carbons (Fsp3) is 0.429. The van der Waals surface area contributed by atoms with E-state index in [0.717, 1.165) is 75.5 Å². The first-order chi connectivity index (χ1) is 24.7. The molecule has 10 nitrogen and oxygen atoms in total. The van der Waals surface area contributed by atoms with Crippen LogP contribution in [0.25, 0.3) is 44.5 Å². The maximum absolute atomic E-state index is 13.2. The SMILES string of the molecule is CC(C)(C)OC(=O)CCC[C@H](N)c1nc2ccc(-c3ccc(-c4ccc(-c5cnc([C@@H]6[C@H]7CC[C@H](C7)N6C(=O)OC(C)(C)C)[nH]5)cc4)cc3)cc2[nH]1. The van der Waals surface area contributed by atoms with Crippen molar-refractivity contribution in [3.8, 4) is 33.5 Å². The van der Waals surface area contributed by atoms with Crippen LogP contribution in [-0.2, 0) is 14.3 Å². The molecule has 7 rings (SSSR count). The molecule has 3 heterocycles. The molecule has 0 unspecified atom stereocenters. The molecule has 5 aromatic rings. The monoisotopic (exact) mass is 702 g/mol. The minimum absolute atomic E-state index is 0.0870. The van der Waals surface area contributed by atoms with Gasteiger partial charge in [0.2, 0.25) is 0 Å². The highest BCUT2D eigenvalue weighted by molar-refractivity contribution is 5.83. The van der Waals surface area contributed by atoms with Crippen molar-refractivity contribution < 1.29 is 19.1 Å². The van der Waals surface area contributed by atoms with Gasteiger partial charge in [0, 0.05) is 12.5 Å². The van der Waals surface area contributed by atoms with Crippen molar-refractivity contribution in [1.82, 2.24) is 24.8 Å². The van der Waals surface area contributed by atoms with Gasteiger partial charge in [-0.2, -0.15) is 0 Å². The minimum Gasteiger partial charge on any atom is -0.460 e. The first kappa shape index (κ1) is 35.4. The number of piperidine rings is 1. The van der Waals surface area contributed by atoms with E-state index in [4.69, 9.17) is 25.2 Å². The molecule has 2 aliphatic rings. The summed E-state index contributed by atoms with van der Waals surface area (Å²) in [6.45, 7) is 11.3. The molecule has 2 bridgehead atoms. The predicted octanol–water partition coefficient (Wildman–Crippen LogP) is 9.26. The Morgan fingerprint density at radius 2 is 1.46 bits per heavy atom. The highest BCUT2D eigenvalue weighted by Crippen LogP contribution is 2.50. The maximum atomic E-state index is 13.2. The van der Waals surface area contributed by atoms with Crippen LogP contribution in [0.4, 0.5) is 4.79 Å². The zero-order chi connectivity index (χ0) is 36.8. The Hall–Kier alpha value is -4.96. The van der Waals surface area contributed by atoms with Crippen molar-refractivity contribution in [3.05, 3.63) is 84.6 Å². The summed E-state index contributed by atoms with van der Waals surface area (Å²) >= 11 is 0. The second-order valence-corrected chi connectivity index (χ2v) is 16.3. The Labute approximate surface area is 305 Å². The first-order valence-electron chi connectivity index (χ1n) is 18.5. The van der Waals surface area contributed by atoms with Crippen molar-refractivity contribution >= 4 is 23.1 Å². The normalized spacial score (nSPS) is 19.3. The lowest BCUT2D eigenvalue weighted by molar-refractivity contribution is -0.154. The molecule has 2 aromatic heterocycles. The molecule has 0 spiro atoms. The molecular weight excluding hydrogens is 652 g/mol. The lowest BCUT2D eigenvalue weighted by atomic mass is 9.98. The van der Waals surface area contributed by atoms with Gasteiger partial charge in [-0.15, -0.1) is 0 Å². The van der Waals surface area contributed by atoms with Crippen LogP contribution in [0.3, 0.4) is 0 Å². The molecule has 1 aliphatic carbocycles. The zero-order valence-electron chi connectivity index (χ0n) is 31.0. The van der Waals surface area contributed by atoms with E-state index >= 15 is 0 Å². The van der Waals surface area contributed by atoms with Crippen molar-refractivity contribution in [1.29, 1.82) is 0 Å². The highest BCUT2D eigenvalue weighted by Gasteiger charge is 2.51. The number of imidazole rings is 2. The quantitative estimate of drug-likeness (QED) is 0.130. The molecule has 1 saturated heterocycles. The Balaban J connectivity index is 0.992. The molecule has 1 aliphatic heterocycles. The van der Waals surface area contributed by atoms with Crippen LogP contribution in [-0.4, -0.2) is 54.1 Å². The third-order valence-corrected chi connectivity index (χ3v) is 9.98. The number of hydrogen-bond acceptors (Lipinski definition) is 7. The van der Waals surface area contributed by atoms with Gasteiger partial charge in [-0.05, 0) is 120 Å². The van der Waals surface area contributed by atoms with Gasteiger partial charge in [0.25, 0.3) is 0 Å². The minimum atomic E-state index is -0.540. The van der Waals surface area contributed by atoms with Gasteiger partial charge < -0.3 is 25.2 Å². The molecule has 0 radical (unpaired) electrons. The van der Waals surface area contributed by atoms with Gasteiger partial charge in [-0.25, -0.2) is 14.8 Å². The number of hydrogen-bond donors (Lipinski definition) is 3. The van der Waals surface area contributed by atoms with Gasteiger partial charge in [-0.3, -0.25) is 9.69 Å². The number of aromatic amines is 2. The Morgan fingerprint density at radius 1 is 0.846 bits per heavy atom.